The Bertz CT molecular complexity index is 3690. The molecule has 352 valence electrons. The quantitative estimate of drug-likeness (QED) is 0.165. The lowest BCUT2D eigenvalue weighted by molar-refractivity contribution is 0.446. The third-order valence-electron chi connectivity index (χ3n) is 13.7. The molecular formula is C67H63N3O. The number of aryl methyl sites for hydroxylation is 1. The normalized spacial score (nSPS) is 12.9. The zero-order valence-electron chi connectivity index (χ0n) is 45.3. The van der Waals surface area contributed by atoms with E-state index in [1.165, 1.54) is 0 Å². The minimum Gasteiger partial charge on any atom is -0.507 e. The third kappa shape index (κ3) is 9.23. The molecule has 10 rings (SSSR count). The SMILES string of the molecule is [2H]C([2H])([2H])c1cc(-c2ccc(C(C)(C)C)cc2)c(-n2c(-c3cc(C(C)(C)C)cc(C(C)(C)C)c3O)nc3c(-c4cc(-c5ccccc5)cc(-c5cc(-c6ccccc6)ccn5)c4)cccc32)cc1-c1ccccc1. The van der Waals surface area contributed by atoms with Gasteiger partial charge < -0.3 is 5.11 Å². The van der Waals surface area contributed by atoms with Crippen LogP contribution in [0.5, 0.6) is 5.75 Å². The zero-order chi connectivity index (χ0) is 52.3. The number of hydrogen-bond donors (Lipinski definition) is 1. The van der Waals surface area contributed by atoms with Gasteiger partial charge in [-0.15, -0.1) is 0 Å². The Morgan fingerprint density at radius 2 is 1.03 bits per heavy atom. The molecule has 8 aromatic carbocycles. The Labute approximate surface area is 424 Å². The molecule has 0 spiro atoms. The molecule has 10 aromatic rings. The Kier molecular flexibility index (Phi) is 11.1. The predicted molar refractivity (Wildman–Crippen MR) is 299 cm³/mol. The molecular weight excluding hydrogens is 863 g/mol. The van der Waals surface area contributed by atoms with Gasteiger partial charge in [0.15, 0.2) is 0 Å². The van der Waals surface area contributed by atoms with E-state index in [1.54, 1.807) is 0 Å². The molecule has 0 aliphatic heterocycles. The highest BCUT2D eigenvalue weighted by Crippen LogP contribution is 2.47. The molecule has 4 heteroatoms. The summed E-state index contributed by atoms with van der Waals surface area (Å²) in [6.07, 6.45) is 1.88. The van der Waals surface area contributed by atoms with Crippen molar-refractivity contribution < 1.29 is 9.22 Å². The van der Waals surface area contributed by atoms with E-state index in [1.807, 2.05) is 66.9 Å². The molecule has 0 radical (unpaired) electrons. The molecule has 71 heavy (non-hydrogen) atoms. The van der Waals surface area contributed by atoms with Gasteiger partial charge in [0, 0.05) is 32.6 Å². The lowest BCUT2D eigenvalue weighted by atomic mass is 9.79. The Balaban J connectivity index is 1.33. The van der Waals surface area contributed by atoms with Gasteiger partial charge in [-0.1, -0.05) is 196 Å². The second-order valence-electron chi connectivity index (χ2n) is 21.9. The molecule has 0 bridgehead atoms. The van der Waals surface area contributed by atoms with Crippen molar-refractivity contribution in [2.24, 2.45) is 0 Å². The van der Waals surface area contributed by atoms with Crippen LogP contribution in [0.15, 0.2) is 194 Å². The van der Waals surface area contributed by atoms with E-state index in [0.29, 0.717) is 17.0 Å². The monoisotopic (exact) mass is 929 g/mol. The predicted octanol–water partition coefficient (Wildman–Crippen LogP) is 18.0. The summed E-state index contributed by atoms with van der Waals surface area (Å²) in [5, 5.41) is 12.8. The lowest BCUT2D eigenvalue weighted by Gasteiger charge is -2.28. The van der Waals surface area contributed by atoms with Crippen LogP contribution in [-0.2, 0) is 16.2 Å². The number of aromatic nitrogens is 3. The van der Waals surface area contributed by atoms with E-state index in [9.17, 15) is 5.11 Å². The maximum Gasteiger partial charge on any atom is 0.149 e. The van der Waals surface area contributed by atoms with Gasteiger partial charge in [-0.3, -0.25) is 9.55 Å². The van der Waals surface area contributed by atoms with Gasteiger partial charge in [0.25, 0.3) is 0 Å². The van der Waals surface area contributed by atoms with Crippen LogP contribution in [0.2, 0.25) is 0 Å². The topological polar surface area (TPSA) is 50.9 Å². The molecule has 0 saturated heterocycles. The van der Waals surface area contributed by atoms with E-state index < -0.39 is 12.3 Å². The van der Waals surface area contributed by atoms with Crippen molar-refractivity contribution in [3.05, 3.63) is 217 Å². The van der Waals surface area contributed by atoms with Gasteiger partial charge in [-0.2, -0.15) is 0 Å². The van der Waals surface area contributed by atoms with Crippen molar-refractivity contribution in [2.75, 3.05) is 0 Å². The minimum atomic E-state index is -2.45. The summed E-state index contributed by atoms with van der Waals surface area (Å²) in [6.45, 7) is 17.1. The van der Waals surface area contributed by atoms with Crippen LogP contribution in [0.4, 0.5) is 0 Å². The molecule has 0 aliphatic carbocycles. The summed E-state index contributed by atoms with van der Waals surface area (Å²) in [7, 11) is 0. The van der Waals surface area contributed by atoms with E-state index in [0.717, 1.165) is 94.7 Å². The first-order valence-corrected chi connectivity index (χ1v) is 24.6. The smallest absolute Gasteiger partial charge is 0.149 e. The highest BCUT2D eigenvalue weighted by atomic mass is 16.3. The van der Waals surface area contributed by atoms with Crippen molar-refractivity contribution in [3.8, 4) is 89.7 Å². The second kappa shape index (κ2) is 18.2. The number of nitrogens with zero attached hydrogens (tertiary/aromatic N) is 3. The van der Waals surface area contributed by atoms with Crippen LogP contribution in [-0.4, -0.2) is 19.6 Å². The van der Waals surface area contributed by atoms with Gasteiger partial charge in [-0.05, 0) is 139 Å². The highest BCUT2D eigenvalue weighted by molar-refractivity contribution is 5.99. The number of benzene rings is 8. The van der Waals surface area contributed by atoms with E-state index in [-0.39, 0.29) is 22.1 Å². The third-order valence-corrected chi connectivity index (χ3v) is 13.7. The summed E-state index contributed by atoms with van der Waals surface area (Å²) in [5.74, 6) is 0.686. The van der Waals surface area contributed by atoms with Crippen LogP contribution in [0.1, 0.15) is 88.7 Å². The average molecular weight is 929 g/mol. The zero-order valence-corrected chi connectivity index (χ0v) is 42.3. The molecule has 2 heterocycles. The van der Waals surface area contributed by atoms with Crippen molar-refractivity contribution in [3.63, 3.8) is 0 Å². The average Bonchev–Trinajstić information content (AvgIpc) is 3.78. The van der Waals surface area contributed by atoms with Gasteiger partial charge in [0.2, 0.25) is 0 Å². The van der Waals surface area contributed by atoms with Crippen LogP contribution in [0.25, 0.3) is 95.0 Å². The number of imidazole rings is 1. The van der Waals surface area contributed by atoms with Crippen LogP contribution >= 0.6 is 0 Å². The summed E-state index contributed by atoms with van der Waals surface area (Å²) >= 11 is 0. The number of phenolic OH excluding ortho intramolecular Hbond substituents is 1. The molecule has 0 fully saturated rings. The molecule has 0 unspecified atom stereocenters. The van der Waals surface area contributed by atoms with Gasteiger partial charge in [0.1, 0.15) is 11.6 Å². The van der Waals surface area contributed by atoms with Crippen LogP contribution in [0.3, 0.4) is 0 Å². The maximum absolute atomic E-state index is 12.8. The minimum absolute atomic E-state index is 0.106. The molecule has 0 aliphatic rings. The standard InChI is InChI=1S/C67H63N3O/c1-43-35-56(47-29-31-52(32-30-47)65(2,3)4)61(42-55(43)46-25-18-13-19-26-46)70-60-28-20-27-54(62(60)69-64(70)57-40-53(66(5,6)7)41-58(63(57)71)67(8,9)10)50-36-49(45-23-16-12-17-24-45)37-51(38-50)59-39-48(33-34-68-59)44-21-14-11-15-22-44/h11-42,71H,1-10H3/i1D3. The first-order valence-electron chi connectivity index (χ1n) is 26.1. The Hall–Kier alpha value is -7.82. The Morgan fingerprint density at radius 1 is 0.437 bits per heavy atom. The summed E-state index contributed by atoms with van der Waals surface area (Å²) in [4.78, 5) is 10.7. The molecule has 0 atom stereocenters. The fraction of sp³-hybridized carbons (Fsp3) is 0.194. The van der Waals surface area contributed by atoms with Gasteiger partial charge >= 0.3 is 0 Å². The van der Waals surface area contributed by atoms with Gasteiger partial charge in [-0.25, -0.2) is 4.98 Å². The van der Waals surface area contributed by atoms with Crippen LogP contribution in [0, 0.1) is 6.85 Å². The number of fused-ring (bicyclic) bond motifs is 1. The lowest BCUT2D eigenvalue weighted by Crippen LogP contribution is -2.17. The number of pyridine rings is 1. The summed E-state index contributed by atoms with van der Waals surface area (Å²) < 4.78 is 29.1. The van der Waals surface area contributed by atoms with Crippen molar-refractivity contribution in [1.82, 2.24) is 14.5 Å². The van der Waals surface area contributed by atoms with Crippen LogP contribution < -0.4 is 0 Å². The largest absolute Gasteiger partial charge is 0.507 e. The number of para-hydroxylation sites is 1. The van der Waals surface area contributed by atoms with E-state index in [4.69, 9.17) is 14.1 Å². The summed E-state index contributed by atoms with van der Waals surface area (Å²) in [5.41, 5.74) is 16.1. The Morgan fingerprint density at radius 3 is 1.65 bits per heavy atom. The first-order chi connectivity index (χ1) is 35.1. The van der Waals surface area contributed by atoms with Crippen molar-refractivity contribution in [1.29, 1.82) is 0 Å². The number of aromatic hydroxyl groups is 1. The fourth-order valence-electron chi connectivity index (χ4n) is 9.70. The molecule has 2 aromatic heterocycles. The summed E-state index contributed by atoms with van der Waals surface area (Å²) in [6, 6.07) is 64.2. The highest BCUT2D eigenvalue weighted by Gasteiger charge is 2.30. The number of phenols is 1. The molecule has 1 N–H and O–H groups in total. The van der Waals surface area contributed by atoms with Gasteiger partial charge in [0.05, 0.1) is 28.0 Å². The van der Waals surface area contributed by atoms with Crippen molar-refractivity contribution >= 4 is 11.0 Å². The van der Waals surface area contributed by atoms with E-state index in [2.05, 4.69) is 194 Å². The van der Waals surface area contributed by atoms with E-state index >= 15 is 0 Å². The molecule has 0 saturated carbocycles. The number of rotatable bonds is 8. The molecule has 0 amide bonds. The second-order valence-corrected chi connectivity index (χ2v) is 21.9. The molecule has 4 nitrogen and oxygen atoms in total. The first kappa shape index (κ1) is 43.2. The maximum atomic E-state index is 12.8. The van der Waals surface area contributed by atoms with Crippen molar-refractivity contribution in [2.45, 2.75) is 85.4 Å². The fourth-order valence-corrected chi connectivity index (χ4v) is 9.70. The number of hydrogen-bond acceptors (Lipinski definition) is 3.